The van der Waals surface area contributed by atoms with Crippen molar-refractivity contribution < 1.29 is 4.92 Å². The van der Waals surface area contributed by atoms with Gasteiger partial charge in [0.05, 0.1) is 4.92 Å². The molecule has 0 fully saturated rings. The molecule has 5 aromatic rings. The lowest BCUT2D eigenvalue weighted by molar-refractivity contribution is -0.383. The molecule has 6 nitrogen and oxygen atoms in total. The van der Waals surface area contributed by atoms with Crippen molar-refractivity contribution in [3.05, 3.63) is 76.9 Å². The zero-order valence-electron chi connectivity index (χ0n) is 16.4. The summed E-state index contributed by atoms with van der Waals surface area (Å²) in [6.45, 7) is 2.09. The van der Waals surface area contributed by atoms with Crippen LogP contribution < -0.4 is 0 Å². The third-order valence-corrected chi connectivity index (χ3v) is 5.65. The number of nitrogens with zero attached hydrogens (tertiary/aromatic N) is 3. The predicted molar refractivity (Wildman–Crippen MR) is 116 cm³/mol. The van der Waals surface area contributed by atoms with Crippen LogP contribution >= 0.6 is 0 Å². The first-order valence-electron chi connectivity index (χ1n) is 9.41. The van der Waals surface area contributed by atoms with Crippen molar-refractivity contribution in [1.29, 1.82) is 0 Å². The van der Waals surface area contributed by atoms with Crippen LogP contribution in [0.4, 0.5) is 5.69 Å². The molecule has 0 atom stereocenters. The summed E-state index contributed by atoms with van der Waals surface area (Å²) >= 11 is 0. The van der Waals surface area contributed by atoms with Gasteiger partial charge in [-0.3, -0.25) is 10.1 Å². The summed E-state index contributed by atoms with van der Waals surface area (Å²) in [5, 5.41) is 13.6. The van der Waals surface area contributed by atoms with Gasteiger partial charge in [-0.05, 0) is 18.6 Å². The van der Waals surface area contributed by atoms with E-state index in [2.05, 4.69) is 47.9 Å². The molecule has 0 aliphatic heterocycles. The lowest BCUT2D eigenvalue weighted by atomic mass is 9.98. The molecule has 6 heteroatoms. The van der Waals surface area contributed by atoms with Gasteiger partial charge in [0.25, 0.3) is 5.69 Å². The van der Waals surface area contributed by atoms with Crippen LogP contribution in [0.1, 0.15) is 5.56 Å². The number of para-hydroxylation sites is 1. The van der Waals surface area contributed by atoms with Crippen LogP contribution in [0.15, 0.2) is 61.2 Å². The number of benzene rings is 2. The number of hydrogen-bond donors (Lipinski definition) is 1. The Morgan fingerprint density at radius 2 is 1.59 bits per heavy atom. The lowest BCUT2D eigenvalue weighted by Crippen LogP contribution is -1.92. The van der Waals surface area contributed by atoms with Crippen LogP contribution in [-0.2, 0) is 14.1 Å². The number of rotatable bonds is 3. The van der Waals surface area contributed by atoms with Crippen LogP contribution in [-0.4, -0.2) is 19.0 Å². The highest BCUT2D eigenvalue weighted by molar-refractivity contribution is 6.06. The molecule has 0 aliphatic rings. The minimum absolute atomic E-state index is 0.119. The summed E-state index contributed by atoms with van der Waals surface area (Å²) in [4.78, 5) is 14.4. The summed E-state index contributed by atoms with van der Waals surface area (Å²) in [5.74, 6) is 0. The highest BCUT2D eigenvalue weighted by Gasteiger charge is 2.21. The normalized spacial score (nSPS) is 11.6. The predicted octanol–water partition coefficient (Wildman–Crippen LogP) is 5.55. The lowest BCUT2D eigenvalue weighted by Gasteiger charge is -2.03. The van der Waals surface area contributed by atoms with E-state index in [1.54, 1.807) is 12.1 Å². The molecule has 144 valence electrons. The number of aryl methyl sites for hydroxylation is 3. The van der Waals surface area contributed by atoms with Crippen molar-refractivity contribution in [3.63, 3.8) is 0 Å². The van der Waals surface area contributed by atoms with Crippen LogP contribution in [0.3, 0.4) is 0 Å². The quantitative estimate of drug-likeness (QED) is 0.327. The van der Waals surface area contributed by atoms with Crippen molar-refractivity contribution in [2.45, 2.75) is 6.92 Å². The fourth-order valence-electron chi connectivity index (χ4n) is 4.33. The Bertz CT molecular complexity index is 1420. The first-order chi connectivity index (χ1) is 14.0. The zero-order valence-corrected chi connectivity index (χ0v) is 16.4. The molecule has 0 bridgehead atoms. The number of non-ortho nitro benzene ring substituents is 1. The number of hydrogen-bond acceptors (Lipinski definition) is 2. The van der Waals surface area contributed by atoms with E-state index >= 15 is 0 Å². The van der Waals surface area contributed by atoms with Crippen molar-refractivity contribution in [1.82, 2.24) is 14.1 Å². The molecule has 2 aromatic carbocycles. The summed E-state index contributed by atoms with van der Waals surface area (Å²) < 4.78 is 3.98. The molecule has 0 aliphatic carbocycles. The Balaban J connectivity index is 1.78. The number of aromatic nitrogens is 3. The molecule has 3 aromatic heterocycles. The maximum Gasteiger partial charge on any atom is 0.293 e. The standard InChI is InChI=1S/C23H20N4O2/c1-14-7-8-15-19(12-25(2)22(15)9-14)17-10-24-11-18(17)20-13-26(3)23-16(20)5-4-6-21(23)27(28)29/h4-13,24H,1-3H3. The number of nitrogens with one attached hydrogen (secondary N) is 1. The SMILES string of the molecule is Cc1ccc2c(-c3c[nH]cc3-c3cn(C)c4c([N+](=O)[O-])cccc34)cn(C)c2c1. The maximum atomic E-state index is 11.5. The Kier molecular flexibility index (Phi) is 3.64. The van der Waals surface area contributed by atoms with E-state index in [-0.39, 0.29) is 10.6 Å². The smallest absolute Gasteiger partial charge is 0.293 e. The molecule has 0 amide bonds. The molecule has 0 saturated heterocycles. The van der Waals surface area contributed by atoms with E-state index in [4.69, 9.17) is 0 Å². The molecular formula is C23H20N4O2. The van der Waals surface area contributed by atoms with Crippen LogP contribution in [0.25, 0.3) is 44.1 Å². The average molecular weight is 384 g/mol. The summed E-state index contributed by atoms with van der Waals surface area (Å²) in [6.07, 6.45) is 8.08. The van der Waals surface area contributed by atoms with Gasteiger partial charge in [-0.25, -0.2) is 0 Å². The van der Waals surface area contributed by atoms with E-state index in [0.29, 0.717) is 5.52 Å². The molecule has 0 saturated carbocycles. The van der Waals surface area contributed by atoms with Gasteiger partial charge in [-0.2, -0.15) is 0 Å². The Labute approximate surface area is 167 Å². The van der Waals surface area contributed by atoms with Gasteiger partial charge in [0.1, 0.15) is 5.52 Å². The number of nitro benzene ring substituents is 1. The Morgan fingerprint density at radius 3 is 2.31 bits per heavy atom. The number of nitro groups is 1. The van der Waals surface area contributed by atoms with Crippen molar-refractivity contribution in [3.8, 4) is 22.3 Å². The Morgan fingerprint density at radius 1 is 0.897 bits per heavy atom. The zero-order chi connectivity index (χ0) is 20.3. The van der Waals surface area contributed by atoms with Gasteiger partial charge < -0.3 is 14.1 Å². The minimum Gasteiger partial charge on any atom is -0.366 e. The van der Waals surface area contributed by atoms with E-state index < -0.39 is 0 Å². The van der Waals surface area contributed by atoms with Gasteiger partial charge in [0, 0.05) is 83.5 Å². The maximum absolute atomic E-state index is 11.5. The molecule has 1 N–H and O–H groups in total. The Hall–Kier alpha value is -3.80. The molecule has 3 heterocycles. The second kappa shape index (κ2) is 6.10. The van der Waals surface area contributed by atoms with Crippen molar-refractivity contribution in [2.24, 2.45) is 14.1 Å². The highest BCUT2D eigenvalue weighted by Crippen LogP contribution is 2.41. The minimum atomic E-state index is -0.322. The molecule has 29 heavy (non-hydrogen) atoms. The molecule has 0 spiro atoms. The van der Waals surface area contributed by atoms with Gasteiger partial charge in [0.15, 0.2) is 0 Å². The highest BCUT2D eigenvalue weighted by atomic mass is 16.6. The fraction of sp³-hybridized carbons (Fsp3) is 0.130. The van der Waals surface area contributed by atoms with Crippen LogP contribution in [0.5, 0.6) is 0 Å². The molecular weight excluding hydrogens is 364 g/mol. The van der Waals surface area contributed by atoms with Crippen LogP contribution in [0, 0.1) is 17.0 Å². The monoisotopic (exact) mass is 384 g/mol. The van der Waals surface area contributed by atoms with E-state index in [9.17, 15) is 10.1 Å². The summed E-state index contributed by atoms with van der Waals surface area (Å²) in [6, 6.07) is 11.7. The first kappa shape index (κ1) is 17.3. The van der Waals surface area contributed by atoms with Crippen molar-refractivity contribution >= 4 is 27.5 Å². The summed E-state index contributed by atoms with van der Waals surface area (Å²) in [5.41, 5.74) is 7.39. The largest absolute Gasteiger partial charge is 0.366 e. The molecule has 0 unspecified atom stereocenters. The van der Waals surface area contributed by atoms with Gasteiger partial charge >= 0.3 is 0 Å². The van der Waals surface area contributed by atoms with Crippen LogP contribution in [0.2, 0.25) is 0 Å². The van der Waals surface area contributed by atoms with E-state index in [1.165, 1.54) is 16.5 Å². The van der Waals surface area contributed by atoms with Gasteiger partial charge in [-0.15, -0.1) is 0 Å². The van der Waals surface area contributed by atoms with E-state index in [1.807, 2.05) is 36.3 Å². The van der Waals surface area contributed by atoms with Crippen molar-refractivity contribution in [2.75, 3.05) is 0 Å². The van der Waals surface area contributed by atoms with Gasteiger partial charge in [0.2, 0.25) is 0 Å². The third kappa shape index (κ3) is 2.49. The second-order valence-corrected chi connectivity index (χ2v) is 7.54. The summed E-state index contributed by atoms with van der Waals surface area (Å²) in [7, 11) is 3.91. The third-order valence-electron chi connectivity index (χ3n) is 5.65. The molecule has 0 radical (unpaired) electrons. The fourth-order valence-corrected chi connectivity index (χ4v) is 4.33. The molecule has 5 rings (SSSR count). The van der Waals surface area contributed by atoms with E-state index in [0.717, 1.165) is 27.6 Å². The first-order valence-corrected chi connectivity index (χ1v) is 9.41. The number of fused-ring (bicyclic) bond motifs is 2. The second-order valence-electron chi connectivity index (χ2n) is 7.54. The average Bonchev–Trinajstić information content (AvgIpc) is 3.38. The van der Waals surface area contributed by atoms with Gasteiger partial charge in [-0.1, -0.05) is 24.3 Å². The number of H-pyrrole nitrogens is 1. The topological polar surface area (TPSA) is 68.8 Å². The number of aromatic amines is 1.